The van der Waals surface area contributed by atoms with Crippen molar-refractivity contribution in [3.63, 3.8) is 0 Å². The lowest BCUT2D eigenvalue weighted by atomic mass is 10.1. The molecular weight excluding hydrogens is 471 g/mol. The lowest BCUT2D eigenvalue weighted by molar-refractivity contribution is -0.255. The van der Waals surface area contributed by atoms with Crippen LogP contribution in [0.1, 0.15) is 21.5 Å². The van der Waals surface area contributed by atoms with E-state index in [9.17, 15) is 28.7 Å². The van der Waals surface area contributed by atoms with Crippen molar-refractivity contribution in [2.45, 2.75) is 6.61 Å². The summed E-state index contributed by atoms with van der Waals surface area (Å²) in [6.07, 6.45) is 1.24. The third-order valence-corrected chi connectivity index (χ3v) is 5.25. The summed E-state index contributed by atoms with van der Waals surface area (Å²) in [5, 5.41) is 13.1. The number of carbonyl (C=O) groups is 4. The standard InChI is InChI=1S/C26H19FN2O7/c1-35-22-13-15(9-10-21(22)36-14-16-5-4-6-17(11-16)25(32)33)12-18-23(30)28-26(34)29(24(18)31)20-8-3-2-7-19(20)27/h2-13H,14H2,1H3,(H,32,33)(H,28,30,34)/p-1/b18-12+. The Kier molecular flexibility index (Phi) is 6.77. The van der Waals surface area contributed by atoms with Gasteiger partial charge in [-0.15, -0.1) is 0 Å². The number of imide groups is 2. The van der Waals surface area contributed by atoms with E-state index in [-0.39, 0.29) is 29.2 Å². The molecule has 4 amide bonds. The summed E-state index contributed by atoms with van der Waals surface area (Å²) in [6, 6.07) is 14.8. The lowest BCUT2D eigenvalue weighted by Crippen LogP contribution is -2.54. The molecule has 1 aliphatic heterocycles. The Morgan fingerprint density at radius 3 is 2.53 bits per heavy atom. The summed E-state index contributed by atoms with van der Waals surface area (Å²) in [5.41, 5.74) is 0.310. The van der Waals surface area contributed by atoms with Gasteiger partial charge in [0.2, 0.25) is 0 Å². The van der Waals surface area contributed by atoms with Gasteiger partial charge < -0.3 is 19.4 Å². The number of methoxy groups -OCH3 is 1. The molecule has 4 rings (SSSR count). The number of amides is 4. The van der Waals surface area contributed by atoms with Crippen molar-refractivity contribution in [2.75, 3.05) is 12.0 Å². The number of rotatable bonds is 7. The number of nitrogens with one attached hydrogen (secondary N) is 1. The van der Waals surface area contributed by atoms with Gasteiger partial charge in [0.25, 0.3) is 11.8 Å². The minimum atomic E-state index is -1.30. The van der Waals surface area contributed by atoms with Gasteiger partial charge in [-0.25, -0.2) is 14.1 Å². The van der Waals surface area contributed by atoms with E-state index >= 15 is 0 Å². The number of carbonyl (C=O) groups excluding carboxylic acids is 4. The molecule has 1 fully saturated rings. The molecule has 182 valence electrons. The molecule has 1 aliphatic rings. The number of halogens is 1. The normalized spacial score (nSPS) is 14.6. The van der Waals surface area contributed by atoms with Crippen LogP contribution >= 0.6 is 0 Å². The highest BCUT2D eigenvalue weighted by Crippen LogP contribution is 2.31. The van der Waals surface area contributed by atoms with Gasteiger partial charge in [-0.05, 0) is 53.1 Å². The third kappa shape index (κ3) is 4.92. The number of urea groups is 1. The van der Waals surface area contributed by atoms with Crippen LogP contribution in [0.2, 0.25) is 0 Å². The van der Waals surface area contributed by atoms with Crippen LogP contribution in [0.25, 0.3) is 6.08 Å². The van der Waals surface area contributed by atoms with Crippen LogP contribution in [-0.2, 0) is 16.2 Å². The highest BCUT2D eigenvalue weighted by molar-refractivity contribution is 6.39. The number of anilines is 1. The van der Waals surface area contributed by atoms with Gasteiger partial charge in [0.15, 0.2) is 11.5 Å². The minimum absolute atomic E-state index is 0.0170. The van der Waals surface area contributed by atoms with Crippen molar-refractivity contribution in [2.24, 2.45) is 0 Å². The van der Waals surface area contributed by atoms with Crippen LogP contribution in [0.15, 0.2) is 72.3 Å². The Morgan fingerprint density at radius 1 is 1.03 bits per heavy atom. The van der Waals surface area contributed by atoms with E-state index in [1.165, 1.54) is 49.6 Å². The molecule has 1 saturated heterocycles. The zero-order valence-corrected chi connectivity index (χ0v) is 18.8. The fourth-order valence-electron chi connectivity index (χ4n) is 3.52. The summed E-state index contributed by atoms with van der Waals surface area (Å²) in [7, 11) is 1.40. The van der Waals surface area contributed by atoms with E-state index in [0.29, 0.717) is 21.8 Å². The largest absolute Gasteiger partial charge is 0.545 e. The second kappa shape index (κ2) is 10.1. The molecule has 3 aromatic rings. The number of carboxylic acid groups (broad SMARTS) is 1. The average Bonchev–Trinajstić information content (AvgIpc) is 2.86. The Morgan fingerprint density at radius 2 is 1.81 bits per heavy atom. The second-order valence-corrected chi connectivity index (χ2v) is 7.60. The van der Waals surface area contributed by atoms with Crippen molar-refractivity contribution in [3.05, 3.63) is 94.8 Å². The monoisotopic (exact) mass is 489 g/mol. The molecule has 0 aromatic heterocycles. The number of nitrogens with zero attached hydrogens (tertiary/aromatic N) is 1. The molecule has 0 spiro atoms. The van der Waals surface area contributed by atoms with E-state index in [0.717, 1.165) is 6.07 Å². The number of hydrogen-bond acceptors (Lipinski definition) is 7. The van der Waals surface area contributed by atoms with Crippen LogP contribution in [0.5, 0.6) is 11.5 Å². The number of para-hydroxylation sites is 1. The topological polar surface area (TPSA) is 125 Å². The van der Waals surface area contributed by atoms with E-state index in [1.54, 1.807) is 24.3 Å². The van der Waals surface area contributed by atoms with Gasteiger partial charge in [-0.3, -0.25) is 14.9 Å². The van der Waals surface area contributed by atoms with E-state index in [1.807, 2.05) is 5.32 Å². The number of carboxylic acids is 1. The molecule has 10 heteroatoms. The first-order valence-corrected chi connectivity index (χ1v) is 10.6. The maximum absolute atomic E-state index is 14.2. The molecule has 0 aliphatic carbocycles. The number of benzene rings is 3. The Balaban J connectivity index is 1.59. The van der Waals surface area contributed by atoms with E-state index in [4.69, 9.17) is 9.47 Å². The van der Waals surface area contributed by atoms with Crippen molar-refractivity contribution >= 4 is 35.6 Å². The van der Waals surface area contributed by atoms with E-state index in [2.05, 4.69) is 0 Å². The van der Waals surface area contributed by atoms with Crippen LogP contribution in [0, 0.1) is 5.82 Å². The number of ether oxygens (including phenoxy) is 2. The highest BCUT2D eigenvalue weighted by Gasteiger charge is 2.37. The molecule has 0 atom stereocenters. The third-order valence-electron chi connectivity index (χ3n) is 5.25. The molecule has 1 N–H and O–H groups in total. The van der Waals surface area contributed by atoms with Gasteiger partial charge in [0.1, 0.15) is 18.0 Å². The molecule has 0 saturated carbocycles. The van der Waals surface area contributed by atoms with Crippen LogP contribution in [-0.4, -0.2) is 30.9 Å². The zero-order chi connectivity index (χ0) is 25.8. The Labute approximate surface area is 204 Å². The highest BCUT2D eigenvalue weighted by atomic mass is 19.1. The Hall–Kier alpha value is -4.99. The van der Waals surface area contributed by atoms with Crippen LogP contribution in [0.3, 0.4) is 0 Å². The number of aromatic carboxylic acids is 1. The molecule has 0 bridgehead atoms. The fourth-order valence-corrected chi connectivity index (χ4v) is 3.52. The fraction of sp³-hybridized carbons (Fsp3) is 0.0769. The summed E-state index contributed by atoms with van der Waals surface area (Å²) in [5.74, 6) is -3.43. The molecule has 9 nitrogen and oxygen atoms in total. The van der Waals surface area contributed by atoms with Crippen LogP contribution in [0.4, 0.5) is 14.9 Å². The summed E-state index contributed by atoms with van der Waals surface area (Å²) < 4.78 is 25.3. The second-order valence-electron chi connectivity index (χ2n) is 7.60. The van der Waals surface area contributed by atoms with Gasteiger partial charge in [0.05, 0.1) is 18.8 Å². The zero-order valence-electron chi connectivity index (χ0n) is 18.8. The summed E-state index contributed by atoms with van der Waals surface area (Å²) in [6.45, 7) is 0.0402. The predicted molar refractivity (Wildman–Crippen MR) is 124 cm³/mol. The minimum Gasteiger partial charge on any atom is -0.545 e. The van der Waals surface area contributed by atoms with E-state index < -0.39 is 29.6 Å². The van der Waals surface area contributed by atoms with Gasteiger partial charge in [-0.1, -0.05) is 36.4 Å². The molecular formula is C26H18FN2O7-. The lowest BCUT2D eigenvalue weighted by Gasteiger charge is -2.26. The molecule has 36 heavy (non-hydrogen) atoms. The molecule has 0 unspecified atom stereocenters. The molecule has 3 aromatic carbocycles. The van der Waals surface area contributed by atoms with Crippen molar-refractivity contribution in [3.8, 4) is 11.5 Å². The summed E-state index contributed by atoms with van der Waals surface area (Å²) in [4.78, 5) is 49.2. The average molecular weight is 489 g/mol. The van der Waals surface area contributed by atoms with Gasteiger partial charge >= 0.3 is 6.03 Å². The smallest absolute Gasteiger partial charge is 0.336 e. The number of hydrogen-bond donors (Lipinski definition) is 1. The van der Waals surface area contributed by atoms with Crippen LogP contribution < -0.4 is 24.8 Å². The predicted octanol–water partition coefficient (Wildman–Crippen LogP) is 2.44. The van der Waals surface area contributed by atoms with Crippen molar-refractivity contribution in [1.29, 1.82) is 0 Å². The first-order chi connectivity index (χ1) is 17.3. The maximum Gasteiger partial charge on any atom is 0.336 e. The van der Waals surface area contributed by atoms with Crippen molar-refractivity contribution < 1.29 is 38.1 Å². The SMILES string of the molecule is COc1cc(/C=C2\C(=O)NC(=O)N(c3ccccc3F)C2=O)ccc1OCc1cccc(C(=O)[O-])c1. The number of barbiturate groups is 1. The molecule has 0 radical (unpaired) electrons. The summed E-state index contributed by atoms with van der Waals surface area (Å²) >= 11 is 0. The van der Waals surface area contributed by atoms with Gasteiger partial charge in [0, 0.05) is 0 Å². The van der Waals surface area contributed by atoms with Crippen molar-refractivity contribution in [1.82, 2.24) is 5.32 Å². The quantitative estimate of drug-likeness (QED) is 0.399. The van der Waals surface area contributed by atoms with Gasteiger partial charge in [-0.2, -0.15) is 0 Å². The molecule has 1 heterocycles. The first-order valence-electron chi connectivity index (χ1n) is 10.6. The Bertz CT molecular complexity index is 1420. The first kappa shape index (κ1) is 24.1. The maximum atomic E-state index is 14.2.